The Morgan fingerprint density at radius 3 is 2.51 bits per heavy atom. The van der Waals surface area contributed by atoms with E-state index in [0.29, 0.717) is 21.3 Å². The van der Waals surface area contributed by atoms with Gasteiger partial charge in [0, 0.05) is 16.6 Å². The molecule has 1 saturated carbocycles. The number of halogens is 4. The number of Topliss-reactive ketones (excluding diaryl/α,β-unsaturated/α-hetero) is 1. The van der Waals surface area contributed by atoms with Crippen LogP contribution < -0.4 is 5.32 Å². The third-order valence-corrected chi connectivity index (χ3v) is 5.94. The van der Waals surface area contributed by atoms with Gasteiger partial charge in [0.05, 0.1) is 34.8 Å². The van der Waals surface area contributed by atoms with Gasteiger partial charge in [0.15, 0.2) is 0 Å². The van der Waals surface area contributed by atoms with Gasteiger partial charge in [-0.2, -0.15) is 18.4 Å². The maximum absolute atomic E-state index is 13.2. The molecule has 2 atom stereocenters. The van der Waals surface area contributed by atoms with E-state index in [2.05, 4.69) is 26.2 Å². The Morgan fingerprint density at radius 1 is 1.20 bits per heavy atom. The number of hydrogen-bond donors (Lipinski definition) is 1. The second-order valence-electron chi connectivity index (χ2n) is 9.07. The number of alkyl halides is 3. The lowest BCUT2D eigenvalue weighted by Crippen LogP contribution is -2.40. The molecule has 35 heavy (non-hydrogen) atoms. The van der Waals surface area contributed by atoms with E-state index in [4.69, 9.17) is 4.74 Å². The van der Waals surface area contributed by atoms with E-state index in [1.807, 2.05) is 6.07 Å². The van der Waals surface area contributed by atoms with E-state index in [-0.39, 0.29) is 24.3 Å². The highest BCUT2D eigenvalue weighted by Gasteiger charge is 2.40. The van der Waals surface area contributed by atoms with Gasteiger partial charge in [-0.1, -0.05) is 28.1 Å². The van der Waals surface area contributed by atoms with Crippen LogP contribution in [0.1, 0.15) is 56.3 Å². The fourth-order valence-electron chi connectivity index (χ4n) is 3.79. The summed E-state index contributed by atoms with van der Waals surface area (Å²) in [5, 5.41) is 11.9. The Morgan fingerprint density at radius 2 is 1.91 bits per heavy atom. The summed E-state index contributed by atoms with van der Waals surface area (Å²) in [7, 11) is 0. The van der Waals surface area contributed by atoms with E-state index < -0.39 is 35.4 Å². The van der Waals surface area contributed by atoms with Crippen LogP contribution in [0.3, 0.4) is 0 Å². The Bertz CT molecular complexity index is 1210. The number of amides is 1. The SMILES string of the molecule is CC(C)(C)OC(=O)NC(c1ccc(C#N)cc1Br)C1C(=O)CCC1=Nc1cccc(C(F)(F)F)c1. The Kier molecular flexibility index (Phi) is 7.70. The van der Waals surface area contributed by atoms with Crippen LogP contribution in [0, 0.1) is 17.2 Å². The van der Waals surface area contributed by atoms with Crippen molar-refractivity contribution in [2.24, 2.45) is 10.9 Å². The summed E-state index contributed by atoms with van der Waals surface area (Å²) >= 11 is 3.41. The van der Waals surface area contributed by atoms with Crippen LogP contribution in [0.4, 0.5) is 23.7 Å². The van der Waals surface area contributed by atoms with Crippen molar-refractivity contribution in [3.8, 4) is 6.07 Å². The van der Waals surface area contributed by atoms with Gasteiger partial charge in [-0.15, -0.1) is 0 Å². The van der Waals surface area contributed by atoms with E-state index in [1.54, 1.807) is 39.0 Å². The normalized spacial score (nSPS) is 18.3. The zero-order chi connectivity index (χ0) is 26.0. The zero-order valence-electron chi connectivity index (χ0n) is 19.2. The molecule has 2 unspecified atom stereocenters. The van der Waals surface area contributed by atoms with Gasteiger partial charge in [0.1, 0.15) is 11.4 Å². The van der Waals surface area contributed by atoms with E-state index >= 15 is 0 Å². The largest absolute Gasteiger partial charge is 0.444 e. The summed E-state index contributed by atoms with van der Waals surface area (Å²) < 4.78 is 45.4. The molecule has 2 aromatic rings. The van der Waals surface area contributed by atoms with Crippen LogP contribution in [0.5, 0.6) is 0 Å². The monoisotopic (exact) mass is 549 g/mol. The summed E-state index contributed by atoms with van der Waals surface area (Å²) in [6.07, 6.45) is -4.94. The summed E-state index contributed by atoms with van der Waals surface area (Å²) in [5.41, 5.74) is -0.362. The maximum Gasteiger partial charge on any atom is 0.416 e. The Balaban J connectivity index is 2.06. The van der Waals surface area contributed by atoms with Crippen LogP contribution >= 0.6 is 15.9 Å². The first kappa shape index (κ1) is 26.4. The fraction of sp³-hybridized carbons (Fsp3) is 0.360. The number of ketones is 1. The molecule has 10 heteroatoms. The predicted octanol–water partition coefficient (Wildman–Crippen LogP) is 6.66. The van der Waals surface area contributed by atoms with Gasteiger partial charge in [-0.3, -0.25) is 9.79 Å². The van der Waals surface area contributed by atoms with Crippen molar-refractivity contribution in [2.45, 2.75) is 51.4 Å². The van der Waals surface area contributed by atoms with Gasteiger partial charge in [-0.05, 0) is 63.1 Å². The average Bonchev–Trinajstić information content (AvgIpc) is 3.10. The lowest BCUT2D eigenvalue weighted by Gasteiger charge is -2.28. The van der Waals surface area contributed by atoms with Crippen molar-refractivity contribution in [1.82, 2.24) is 5.32 Å². The number of ether oxygens (including phenoxy) is 1. The predicted molar refractivity (Wildman–Crippen MR) is 127 cm³/mol. The third-order valence-electron chi connectivity index (χ3n) is 5.25. The minimum absolute atomic E-state index is 0.0597. The molecule has 1 aliphatic carbocycles. The number of alkyl carbamates (subject to hydrolysis) is 1. The molecule has 0 spiro atoms. The third kappa shape index (κ3) is 6.69. The molecular weight excluding hydrogens is 527 g/mol. The molecule has 0 aromatic heterocycles. The quantitative estimate of drug-likeness (QED) is 0.461. The molecule has 0 bridgehead atoms. The lowest BCUT2D eigenvalue weighted by molar-refractivity contribution is -0.137. The topological polar surface area (TPSA) is 91.5 Å². The number of benzene rings is 2. The van der Waals surface area contributed by atoms with Gasteiger partial charge < -0.3 is 10.1 Å². The first-order valence-corrected chi connectivity index (χ1v) is 11.5. The number of carbonyl (C=O) groups is 2. The summed E-state index contributed by atoms with van der Waals surface area (Å²) in [6.45, 7) is 5.08. The van der Waals surface area contributed by atoms with Crippen LogP contribution in [0.25, 0.3) is 0 Å². The first-order chi connectivity index (χ1) is 16.3. The smallest absolute Gasteiger partial charge is 0.416 e. The second kappa shape index (κ2) is 10.2. The van der Waals surface area contributed by atoms with Gasteiger partial charge in [0.25, 0.3) is 0 Å². The van der Waals surface area contributed by atoms with Crippen LogP contribution in [-0.4, -0.2) is 23.2 Å². The van der Waals surface area contributed by atoms with Crippen LogP contribution in [0.15, 0.2) is 51.9 Å². The minimum atomic E-state index is -4.53. The molecule has 3 rings (SSSR count). The highest BCUT2D eigenvalue weighted by atomic mass is 79.9. The van der Waals surface area contributed by atoms with Crippen LogP contribution in [-0.2, 0) is 15.7 Å². The molecule has 2 aromatic carbocycles. The first-order valence-electron chi connectivity index (χ1n) is 10.7. The molecule has 184 valence electrons. The molecule has 0 aliphatic heterocycles. The molecule has 1 amide bonds. The van der Waals surface area contributed by atoms with Crippen molar-refractivity contribution >= 4 is 39.2 Å². The molecule has 1 aliphatic rings. The second-order valence-corrected chi connectivity index (χ2v) is 9.92. The summed E-state index contributed by atoms with van der Waals surface area (Å²) in [5.74, 6) is -1.14. The van der Waals surface area contributed by atoms with Gasteiger partial charge >= 0.3 is 12.3 Å². The maximum atomic E-state index is 13.2. The van der Waals surface area contributed by atoms with Crippen molar-refractivity contribution in [3.05, 3.63) is 63.6 Å². The lowest BCUT2D eigenvalue weighted by atomic mass is 9.89. The molecule has 0 radical (unpaired) electrons. The molecule has 0 saturated heterocycles. The molecule has 1 N–H and O–H groups in total. The number of nitriles is 1. The highest BCUT2D eigenvalue weighted by molar-refractivity contribution is 9.10. The molecule has 1 fully saturated rings. The number of carbonyl (C=O) groups excluding carboxylic acids is 2. The van der Waals surface area contributed by atoms with Crippen molar-refractivity contribution in [2.75, 3.05) is 0 Å². The summed E-state index contributed by atoms with van der Waals surface area (Å²) in [6, 6.07) is 10.4. The molecular formula is C25H23BrF3N3O3. The van der Waals surface area contributed by atoms with Gasteiger partial charge in [-0.25, -0.2) is 4.79 Å². The molecule has 6 nitrogen and oxygen atoms in total. The number of aliphatic imine (C=N–C) groups is 1. The zero-order valence-corrected chi connectivity index (χ0v) is 20.8. The Labute approximate surface area is 209 Å². The average molecular weight is 550 g/mol. The number of hydrogen-bond acceptors (Lipinski definition) is 5. The number of nitrogens with one attached hydrogen (secondary N) is 1. The van der Waals surface area contributed by atoms with E-state index in [9.17, 15) is 28.0 Å². The Hall–Kier alpha value is -3.19. The highest BCUT2D eigenvalue weighted by Crippen LogP contribution is 2.38. The van der Waals surface area contributed by atoms with Crippen molar-refractivity contribution in [3.63, 3.8) is 0 Å². The van der Waals surface area contributed by atoms with E-state index in [1.165, 1.54) is 12.1 Å². The van der Waals surface area contributed by atoms with Crippen molar-refractivity contribution in [1.29, 1.82) is 5.26 Å². The molecule has 0 heterocycles. The number of nitrogens with zero attached hydrogens (tertiary/aromatic N) is 2. The van der Waals surface area contributed by atoms with Gasteiger partial charge in [0.2, 0.25) is 0 Å². The van der Waals surface area contributed by atoms with E-state index in [0.717, 1.165) is 12.1 Å². The van der Waals surface area contributed by atoms with Crippen LogP contribution in [0.2, 0.25) is 0 Å². The summed E-state index contributed by atoms with van der Waals surface area (Å²) in [4.78, 5) is 30.1. The fourth-order valence-corrected chi connectivity index (χ4v) is 4.42. The van der Waals surface area contributed by atoms with Crippen molar-refractivity contribution < 1.29 is 27.5 Å². The minimum Gasteiger partial charge on any atom is -0.444 e. The number of rotatable bonds is 4. The standard InChI is InChI=1S/C25H23BrF3N3O3/c1-24(2,3)35-23(34)32-22(17-8-7-14(13-30)11-18(17)26)21-19(9-10-20(21)33)31-16-6-4-5-15(12-16)25(27,28)29/h4-8,11-12,21-22H,9-10H2,1-3H3,(H,32,34).